The Hall–Kier alpha value is -2.94. The molecule has 0 unspecified atom stereocenters. The van der Waals surface area contributed by atoms with Crippen LogP contribution in [0.25, 0.3) is 22.7 Å². The van der Waals surface area contributed by atoms with E-state index >= 15 is 0 Å². The van der Waals surface area contributed by atoms with Crippen LogP contribution in [-0.4, -0.2) is 11.7 Å². The maximum absolute atomic E-state index is 4.78. The monoisotopic (exact) mass is 285 g/mol. The molecule has 0 saturated heterocycles. The molecule has 0 fully saturated rings. The van der Waals surface area contributed by atoms with E-state index in [9.17, 15) is 0 Å². The molecule has 1 aliphatic heterocycles. The highest BCUT2D eigenvalue weighted by atomic mass is 15.0. The van der Waals surface area contributed by atoms with Gasteiger partial charge in [-0.15, -0.1) is 0 Å². The van der Waals surface area contributed by atoms with E-state index in [1.54, 1.807) is 0 Å². The summed E-state index contributed by atoms with van der Waals surface area (Å²) in [5, 5.41) is 6.73. The van der Waals surface area contributed by atoms with E-state index in [0.717, 1.165) is 44.1 Å². The molecular weight excluding hydrogens is 270 g/mol. The first-order valence-corrected chi connectivity index (χ1v) is 7.26. The fourth-order valence-electron chi connectivity index (χ4n) is 3.09. The third-order valence-corrected chi connectivity index (χ3v) is 4.05. The molecule has 106 valence electrons. The second kappa shape index (κ2) is 4.81. The number of nitrogens with zero attached hydrogens (tertiary/aromatic N) is 2. The molecule has 0 atom stereocenters. The summed E-state index contributed by atoms with van der Waals surface area (Å²) < 4.78 is 0. The number of hydrogen-bond donors (Lipinski definition) is 1. The maximum Gasteiger partial charge on any atom is 0.141 e. The number of nitrogens with one attached hydrogen (secondary N) is 1. The van der Waals surface area contributed by atoms with E-state index < -0.39 is 0 Å². The van der Waals surface area contributed by atoms with Gasteiger partial charge in [0.2, 0.25) is 0 Å². The van der Waals surface area contributed by atoms with Crippen LogP contribution in [0, 0.1) is 0 Å². The van der Waals surface area contributed by atoms with Crippen LogP contribution in [0.1, 0.15) is 12.5 Å². The van der Waals surface area contributed by atoms with Gasteiger partial charge in [-0.05, 0) is 31.0 Å². The van der Waals surface area contributed by atoms with E-state index in [0.29, 0.717) is 0 Å². The highest BCUT2D eigenvalue weighted by Crippen LogP contribution is 2.28. The molecule has 1 aliphatic rings. The molecule has 0 bridgehead atoms. The smallest absolute Gasteiger partial charge is 0.141 e. The average Bonchev–Trinajstić information content (AvgIpc) is 2.57. The van der Waals surface area contributed by atoms with E-state index in [-0.39, 0.29) is 0 Å². The van der Waals surface area contributed by atoms with Crippen molar-refractivity contribution in [1.82, 2.24) is 4.98 Å². The third-order valence-electron chi connectivity index (χ3n) is 4.05. The van der Waals surface area contributed by atoms with Gasteiger partial charge in [0.15, 0.2) is 0 Å². The van der Waals surface area contributed by atoms with E-state index in [2.05, 4.69) is 35.2 Å². The van der Waals surface area contributed by atoms with Gasteiger partial charge in [0.25, 0.3) is 0 Å². The maximum atomic E-state index is 4.78. The molecule has 1 N–H and O–H groups in total. The number of para-hydroxylation sites is 2. The second-order valence-corrected chi connectivity index (χ2v) is 5.23. The third kappa shape index (κ3) is 1.69. The zero-order chi connectivity index (χ0) is 15.1. The number of benzene rings is 2. The van der Waals surface area contributed by atoms with Crippen molar-refractivity contribution in [2.45, 2.75) is 6.92 Å². The van der Waals surface area contributed by atoms with Gasteiger partial charge in [0.1, 0.15) is 5.82 Å². The molecule has 2 aromatic carbocycles. The number of aliphatic imine (C=N–C) groups is 1. The number of anilines is 2. The second-order valence-electron chi connectivity index (χ2n) is 5.23. The van der Waals surface area contributed by atoms with Gasteiger partial charge in [0.05, 0.1) is 16.4 Å². The summed E-state index contributed by atoms with van der Waals surface area (Å²) in [4.78, 5) is 9.09. The number of rotatable bonds is 1. The van der Waals surface area contributed by atoms with Gasteiger partial charge < -0.3 is 5.32 Å². The van der Waals surface area contributed by atoms with Crippen LogP contribution in [-0.2, 0) is 0 Å². The molecule has 0 spiro atoms. The fourth-order valence-corrected chi connectivity index (χ4v) is 3.09. The lowest BCUT2D eigenvalue weighted by Crippen LogP contribution is -2.34. The Labute approximate surface area is 128 Å². The topological polar surface area (TPSA) is 37.3 Å². The van der Waals surface area contributed by atoms with Gasteiger partial charge in [-0.1, -0.05) is 42.5 Å². The summed E-state index contributed by atoms with van der Waals surface area (Å²) in [6.45, 7) is 5.83. The van der Waals surface area contributed by atoms with E-state index in [1.807, 2.05) is 43.3 Å². The van der Waals surface area contributed by atoms with Crippen molar-refractivity contribution in [2.75, 3.05) is 5.32 Å². The van der Waals surface area contributed by atoms with Crippen molar-refractivity contribution in [3.05, 3.63) is 64.5 Å². The summed E-state index contributed by atoms with van der Waals surface area (Å²) in [5.74, 6) is 0.841. The average molecular weight is 285 g/mol. The predicted molar refractivity (Wildman–Crippen MR) is 92.9 cm³/mol. The molecular formula is C19H15N3. The molecule has 0 saturated carbocycles. The number of aromatic nitrogens is 1. The van der Waals surface area contributed by atoms with Crippen molar-refractivity contribution in [2.24, 2.45) is 4.99 Å². The van der Waals surface area contributed by atoms with Crippen molar-refractivity contribution in [3.8, 4) is 0 Å². The first kappa shape index (κ1) is 12.8. The van der Waals surface area contributed by atoms with Gasteiger partial charge in [-0.2, -0.15) is 0 Å². The quantitative estimate of drug-likeness (QED) is 0.698. The Kier molecular flexibility index (Phi) is 2.79. The first-order valence-electron chi connectivity index (χ1n) is 7.26. The van der Waals surface area contributed by atoms with Crippen LogP contribution in [0.5, 0.6) is 0 Å². The minimum Gasteiger partial charge on any atom is -0.339 e. The van der Waals surface area contributed by atoms with Gasteiger partial charge in [-0.25, -0.2) is 4.98 Å². The minimum atomic E-state index is 0.841. The molecule has 3 heteroatoms. The molecule has 0 radical (unpaired) electrons. The van der Waals surface area contributed by atoms with Crippen LogP contribution < -0.4 is 15.8 Å². The molecule has 4 rings (SSSR count). The van der Waals surface area contributed by atoms with Crippen LogP contribution in [0.15, 0.2) is 53.5 Å². The van der Waals surface area contributed by atoms with Crippen molar-refractivity contribution in [3.63, 3.8) is 0 Å². The molecule has 0 amide bonds. The van der Waals surface area contributed by atoms with Crippen molar-refractivity contribution < 1.29 is 0 Å². The summed E-state index contributed by atoms with van der Waals surface area (Å²) in [5.41, 5.74) is 3.94. The lowest BCUT2D eigenvalue weighted by molar-refractivity contribution is 1.27. The van der Waals surface area contributed by atoms with Gasteiger partial charge in [-0.3, -0.25) is 4.99 Å². The molecule has 3 nitrogen and oxygen atoms in total. The highest BCUT2D eigenvalue weighted by molar-refractivity contribution is 5.90. The lowest BCUT2D eigenvalue weighted by atomic mass is 10.0. The number of hydrogen-bond acceptors (Lipinski definition) is 3. The zero-order valence-corrected chi connectivity index (χ0v) is 12.3. The Morgan fingerprint density at radius 3 is 2.68 bits per heavy atom. The lowest BCUT2D eigenvalue weighted by Gasteiger charge is -2.19. The summed E-state index contributed by atoms with van der Waals surface area (Å²) in [6.07, 6.45) is 2.11. The Morgan fingerprint density at radius 2 is 1.86 bits per heavy atom. The standard InChI is InChI=1S/C19H15N3/c1-3-12-13-8-4-6-10-15(13)21-19-17(12)18(20-2)14-9-5-7-11-16(14)22-19/h3-11H,2H2,1H3,(H,21,22)/b12-3-. The Balaban J connectivity index is 2.30. The van der Waals surface area contributed by atoms with E-state index in [1.165, 1.54) is 0 Å². The van der Waals surface area contributed by atoms with Crippen molar-refractivity contribution >= 4 is 40.9 Å². The van der Waals surface area contributed by atoms with Crippen molar-refractivity contribution in [1.29, 1.82) is 0 Å². The summed E-state index contributed by atoms with van der Waals surface area (Å²) >= 11 is 0. The van der Waals surface area contributed by atoms with Crippen LogP contribution in [0.3, 0.4) is 0 Å². The van der Waals surface area contributed by atoms with Crippen LogP contribution >= 0.6 is 0 Å². The molecule has 3 aromatic rings. The summed E-state index contributed by atoms with van der Waals surface area (Å²) in [7, 11) is 0. The fraction of sp³-hybridized carbons (Fsp3) is 0.0526. The predicted octanol–water partition coefficient (Wildman–Crippen LogP) is 2.95. The molecule has 0 aliphatic carbocycles. The van der Waals surface area contributed by atoms with E-state index in [4.69, 9.17) is 4.98 Å². The van der Waals surface area contributed by atoms with Crippen LogP contribution in [0.2, 0.25) is 0 Å². The molecule has 2 heterocycles. The molecule has 22 heavy (non-hydrogen) atoms. The largest absolute Gasteiger partial charge is 0.339 e. The summed E-state index contributed by atoms with van der Waals surface area (Å²) in [6, 6.07) is 16.3. The van der Waals surface area contributed by atoms with Gasteiger partial charge >= 0.3 is 0 Å². The van der Waals surface area contributed by atoms with Crippen LogP contribution in [0.4, 0.5) is 11.5 Å². The van der Waals surface area contributed by atoms with Gasteiger partial charge in [0, 0.05) is 16.6 Å². The minimum absolute atomic E-state index is 0.841. The number of pyridine rings is 1. The molecule has 1 aromatic heterocycles. The number of fused-ring (bicyclic) bond motifs is 3. The SMILES string of the molecule is C=NC1=c2c(nc3ccccc3/c2=C/C)Nc2ccccc21. The Bertz CT molecular complexity index is 1030. The zero-order valence-electron chi connectivity index (χ0n) is 12.3. The first-order chi connectivity index (χ1) is 10.8. The Morgan fingerprint density at radius 1 is 1.09 bits per heavy atom. The highest BCUT2D eigenvalue weighted by Gasteiger charge is 2.18. The normalized spacial score (nSPS) is 13.5.